The fourth-order valence-corrected chi connectivity index (χ4v) is 3.50. The maximum atomic E-state index is 12.7. The molecule has 1 rings (SSSR count). The van der Waals surface area contributed by atoms with Crippen molar-refractivity contribution in [3.8, 4) is 0 Å². The largest absolute Gasteiger partial charge is 0.394 e. The first kappa shape index (κ1) is 20.9. The molecule has 0 radical (unpaired) electrons. The zero-order valence-corrected chi connectivity index (χ0v) is 15.8. The molecule has 1 aliphatic heterocycles. The van der Waals surface area contributed by atoms with Crippen LogP contribution >= 0.6 is 0 Å². The molecule has 0 aliphatic carbocycles. The van der Waals surface area contributed by atoms with Gasteiger partial charge in [-0.1, -0.05) is 27.7 Å². The monoisotopic (exact) mass is 341 g/mol. The number of hydrogen-bond acceptors (Lipinski definition) is 4. The highest BCUT2D eigenvalue weighted by atomic mass is 16.3. The quantitative estimate of drug-likeness (QED) is 0.587. The number of rotatable bonds is 9. The Balaban J connectivity index is 2.80. The number of hydrogen-bond donors (Lipinski definition) is 3. The number of aliphatic hydroxyl groups excluding tert-OH is 1. The van der Waals surface area contributed by atoms with Gasteiger partial charge in [-0.25, -0.2) is 0 Å². The van der Waals surface area contributed by atoms with E-state index in [4.69, 9.17) is 0 Å². The van der Waals surface area contributed by atoms with E-state index >= 15 is 0 Å². The van der Waals surface area contributed by atoms with E-state index in [1.54, 1.807) is 7.05 Å². The fourth-order valence-electron chi connectivity index (χ4n) is 3.50. The minimum atomic E-state index is -0.285. The van der Waals surface area contributed by atoms with Gasteiger partial charge in [-0.2, -0.15) is 0 Å². The van der Waals surface area contributed by atoms with Gasteiger partial charge in [0.1, 0.15) is 0 Å². The maximum absolute atomic E-state index is 12.7. The topological polar surface area (TPSA) is 81.7 Å². The first-order valence-corrected chi connectivity index (χ1v) is 9.18. The average Bonchev–Trinajstić information content (AvgIpc) is 2.99. The van der Waals surface area contributed by atoms with Crippen LogP contribution in [0, 0.1) is 11.8 Å². The number of carbonyl (C=O) groups is 2. The summed E-state index contributed by atoms with van der Waals surface area (Å²) in [5.41, 5.74) is 0. The molecule has 3 N–H and O–H groups in total. The van der Waals surface area contributed by atoms with E-state index in [2.05, 4.69) is 38.3 Å². The van der Waals surface area contributed by atoms with Crippen molar-refractivity contribution in [3.63, 3.8) is 0 Å². The van der Waals surface area contributed by atoms with Gasteiger partial charge in [-0.3, -0.25) is 14.5 Å². The van der Waals surface area contributed by atoms with E-state index in [1.165, 1.54) is 0 Å². The van der Waals surface area contributed by atoms with E-state index in [9.17, 15) is 14.7 Å². The van der Waals surface area contributed by atoms with Crippen molar-refractivity contribution in [2.45, 2.75) is 71.5 Å². The molecule has 0 spiro atoms. The Kier molecular flexibility index (Phi) is 8.70. The van der Waals surface area contributed by atoms with Gasteiger partial charge in [0.2, 0.25) is 11.8 Å². The molecular formula is C18H35N3O3. The van der Waals surface area contributed by atoms with Crippen molar-refractivity contribution in [3.05, 3.63) is 0 Å². The highest BCUT2D eigenvalue weighted by molar-refractivity contribution is 5.85. The third-order valence-corrected chi connectivity index (χ3v) is 4.56. The van der Waals surface area contributed by atoms with Crippen molar-refractivity contribution in [1.29, 1.82) is 0 Å². The highest BCUT2D eigenvalue weighted by Crippen LogP contribution is 2.24. The average molecular weight is 341 g/mol. The molecule has 6 heteroatoms. The van der Waals surface area contributed by atoms with Crippen LogP contribution in [0.25, 0.3) is 0 Å². The molecule has 0 aromatic carbocycles. The second-order valence-electron chi connectivity index (χ2n) is 7.67. The van der Waals surface area contributed by atoms with Crippen LogP contribution in [0.15, 0.2) is 0 Å². The molecule has 0 aromatic heterocycles. The SMILES string of the molecule is CNC(=O)C(CC(C)C)N1CCCC1C(=O)NC(CO)CC(C)C. The Labute approximate surface area is 146 Å². The predicted molar refractivity (Wildman–Crippen MR) is 95.5 cm³/mol. The molecule has 3 unspecified atom stereocenters. The lowest BCUT2D eigenvalue weighted by Gasteiger charge is -2.33. The van der Waals surface area contributed by atoms with Gasteiger partial charge >= 0.3 is 0 Å². The lowest BCUT2D eigenvalue weighted by atomic mass is 10.00. The molecule has 1 heterocycles. The van der Waals surface area contributed by atoms with Crippen molar-refractivity contribution < 1.29 is 14.7 Å². The normalized spacial score (nSPS) is 21.1. The standard InChI is InChI=1S/C18H35N3O3/c1-12(2)9-14(11-22)20-18(24)15-7-6-8-21(15)16(10-13(3)4)17(23)19-5/h12-16,22H,6-11H2,1-5H3,(H,19,23)(H,20,24). The van der Waals surface area contributed by atoms with Crippen molar-refractivity contribution in [1.82, 2.24) is 15.5 Å². The van der Waals surface area contributed by atoms with Crippen LogP contribution in [-0.4, -0.2) is 60.1 Å². The van der Waals surface area contributed by atoms with E-state index in [-0.39, 0.29) is 36.5 Å². The maximum Gasteiger partial charge on any atom is 0.237 e. The predicted octanol–water partition coefficient (Wildman–Crippen LogP) is 1.13. The molecule has 24 heavy (non-hydrogen) atoms. The summed E-state index contributed by atoms with van der Waals surface area (Å²) in [6, 6.07) is -0.776. The number of aliphatic hydroxyl groups is 1. The van der Waals surface area contributed by atoms with Gasteiger partial charge in [0, 0.05) is 7.05 Å². The summed E-state index contributed by atoms with van der Waals surface area (Å²) in [7, 11) is 1.64. The van der Waals surface area contributed by atoms with Crippen molar-refractivity contribution in [2.24, 2.45) is 11.8 Å². The van der Waals surface area contributed by atoms with Crippen LogP contribution in [0.4, 0.5) is 0 Å². The van der Waals surface area contributed by atoms with Gasteiger partial charge in [0.05, 0.1) is 24.7 Å². The molecule has 1 aliphatic rings. The fraction of sp³-hybridized carbons (Fsp3) is 0.889. The third-order valence-electron chi connectivity index (χ3n) is 4.56. The zero-order chi connectivity index (χ0) is 18.3. The summed E-state index contributed by atoms with van der Waals surface area (Å²) >= 11 is 0. The summed E-state index contributed by atoms with van der Waals surface area (Å²) in [6.45, 7) is 9.03. The van der Waals surface area contributed by atoms with E-state index in [0.29, 0.717) is 11.8 Å². The summed E-state index contributed by atoms with van der Waals surface area (Å²) in [5.74, 6) is 0.693. The minimum Gasteiger partial charge on any atom is -0.394 e. The van der Waals surface area contributed by atoms with E-state index in [1.807, 2.05) is 4.90 Å². The number of likely N-dealkylation sites (tertiary alicyclic amines) is 1. The molecule has 1 saturated heterocycles. The third kappa shape index (κ3) is 6.06. The Hall–Kier alpha value is -1.14. The van der Waals surface area contributed by atoms with Crippen molar-refractivity contribution in [2.75, 3.05) is 20.2 Å². The molecule has 1 fully saturated rings. The second kappa shape index (κ2) is 9.99. The lowest BCUT2D eigenvalue weighted by molar-refractivity contribution is -0.132. The Bertz CT molecular complexity index is 412. The summed E-state index contributed by atoms with van der Waals surface area (Å²) in [6.07, 6.45) is 3.16. The van der Waals surface area contributed by atoms with Gasteiger partial charge in [0.25, 0.3) is 0 Å². The first-order chi connectivity index (χ1) is 11.3. The molecular weight excluding hydrogens is 306 g/mol. The molecule has 0 bridgehead atoms. The first-order valence-electron chi connectivity index (χ1n) is 9.18. The smallest absolute Gasteiger partial charge is 0.237 e. The van der Waals surface area contributed by atoms with Crippen LogP contribution < -0.4 is 10.6 Å². The molecule has 2 amide bonds. The van der Waals surface area contributed by atoms with E-state index in [0.717, 1.165) is 32.2 Å². The summed E-state index contributed by atoms with van der Waals surface area (Å²) in [4.78, 5) is 27.1. The lowest BCUT2D eigenvalue weighted by Crippen LogP contribution is -2.54. The number of nitrogens with zero attached hydrogens (tertiary/aromatic N) is 1. The van der Waals surface area contributed by atoms with Gasteiger partial charge in [-0.15, -0.1) is 0 Å². The van der Waals surface area contributed by atoms with Crippen LogP contribution in [-0.2, 0) is 9.59 Å². The second-order valence-corrected chi connectivity index (χ2v) is 7.67. The number of amides is 2. The van der Waals surface area contributed by atoms with Gasteiger partial charge in [0.15, 0.2) is 0 Å². The van der Waals surface area contributed by atoms with Gasteiger partial charge < -0.3 is 15.7 Å². The van der Waals surface area contributed by atoms with Crippen LogP contribution in [0.3, 0.4) is 0 Å². The molecule has 0 aromatic rings. The Morgan fingerprint density at radius 1 is 1.17 bits per heavy atom. The molecule has 6 nitrogen and oxygen atoms in total. The Morgan fingerprint density at radius 3 is 2.29 bits per heavy atom. The molecule has 3 atom stereocenters. The van der Waals surface area contributed by atoms with Crippen LogP contribution in [0.1, 0.15) is 53.4 Å². The number of carbonyl (C=O) groups excluding carboxylic acids is 2. The minimum absolute atomic E-state index is 0.0238. The Morgan fingerprint density at radius 2 is 1.79 bits per heavy atom. The highest BCUT2D eigenvalue weighted by Gasteiger charge is 2.38. The zero-order valence-electron chi connectivity index (χ0n) is 15.8. The van der Waals surface area contributed by atoms with Crippen LogP contribution in [0.2, 0.25) is 0 Å². The van der Waals surface area contributed by atoms with E-state index < -0.39 is 0 Å². The summed E-state index contributed by atoms with van der Waals surface area (Å²) in [5, 5.41) is 15.2. The summed E-state index contributed by atoms with van der Waals surface area (Å²) < 4.78 is 0. The molecule has 140 valence electrons. The van der Waals surface area contributed by atoms with Crippen molar-refractivity contribution >= 4 is 11.8 Å². The number of nitrogens with one attached hydrogen (secondary N) is 2. The van der Waals surface area contributed by atoms with Gasteiger partial charge in [-0.05, 0) is 44.1 Å². The molecule has 0 saturated carbocycles. The number of likely N-dealkylation sites (N-methyl/N-ethyl adjacent to an activating group) is 1. The van der Waals surface area contributed by atoms with Crippen LogP contribution in [0.5, 0.6) is 0 Å².